The zero-order valence-corrected chi connectivity index (χ0v) is 29.9. The number of ether oxygens (including phenoxy) is 1. The van der Waals surface area contributed by atoms with Gasteiger partial charge in [0.2, 0.25) is 17.7 Å². The second-order valence-corrected chi connectivity index (χ2v) is 14.9. The fraction of sp³-hybridized carbons (Fsp3) is 0.189. The van der Waals surface area contributed by atoms with Gasteiger partial charge in [0.05, 0.1) is 17.2 Å². The quantitative estimate of drug-likeness (QED) is 0.133. The molecule has 2 saturated heterocycles. The first-order chi connectivity index (χ1) is 26.4. The van der Waals surface area contributed by atoms with Crippen molar-refractivity contribution in [3.05, 3.63) is 107 Å². The van der Waals surface area contributed by atoms with Gasteiger partial charge in [0, 0.05) is 36.3 Å². The van der Waals surface area contributed by atoms with Crippen molar-refractivity contribution < 1.29 is 37.4 Å². The van der Waals surface area contributed by atoms with E-state index in [4.69, 9.17) is 4.74 Å². The highest BCUT2D eigenvalue weighted by molar-refractivity contribution is 8.24. The highest BCUT2D eigenvalue weighted by Gasteiger charge is 2.39. The topological polar surface area (TPSA) is 202 Å². The first-order valence-electron chi connectivity index (χ1n) is 17.0. The number of imide groups is 1. The molecule has 4 amide bonds. The standard InChI is InChI=1S/C37H33FN8O8S/c1-43-29-14-22(7-10-27(29)46(37(43)51)28-11-12-31(47)41-36(28)50)24-16-39-44(17-24)18-32(48)40-25-8-9-26-23(13-25)15-30(54-20-21-5-3-2-4-6-21)35(34(26)38)45-19-33(49)42-55(45,52)53/h2-10,13-17,28,52-53H,11-12,18-20H2,1H3,(H,40,48)(H,42,49)(H,41,47,50). The molecule has 0 radical (unpaired) electrons. The number of benzene rings is 4. The number of amides is 4. The Bertz CT molecular complexity index is 2620. The summed E-state index contributed by atoms with van der Waals surface area (Å²) < 4.78 is 50.6. The number of aryl methyl sites for hydroxylation is 1. The Kier molecular flexibility index (Phi) is 8.87. The van der Waals surface area contributed by atoms with E-state index >= 15 is 4.39 Å². The van der Waals surface area contributed by atoms with Gasteiger partial charge in [-0.3, -0.25) is 47.4 Å². The van der Waals surface area contributed by atoms with Crippen LogP contribution in [-0.4, -0.2) is 58.2 Å². The molecule has 282 valence electrons. The largest absolute Gasteiger partial charge is 0.487 e. The predicted molar refractivity (Wildman–Crippen MR) is 201 cm³/mol. The fourth-order valence-electron chi connectivity index (χ4n) is 6.87. The minimum Gasteiger partial charge on any atom is -0.487 e. The summed E-state index contributed by atoms with van der Waals surface area (Å²) in [7, 11) is -2.26. The monoisotopic (exact) mass is 768 g/mol. The predicted octanol–water partition coefficient (Wildman–Crippen LogP) is 4.21. The summed E-state index contributed by atoms with van der Waals surface area (Å²) in [6, 6.07) is 19.6. The van der Waals surface area contributed by atoms with Crippen LogP contribution in [0.15, 0.2) is 90.0 Å². The van der Waals surface area contributed by atoms with E-state index in [9.17, 15) is 33.1 Å². The summed E-state index contributed by atoms with van der Waals surface area (Å²) in [5.74, 6) is -2.89. The first kappa shape index (κ1) is 35.5. The van der Waals surface area contributed by atoms with Gasteiger partial charge in [0.15, 0.2) is 5.82 Å². The van der Waals surface area contributed by atoms with E-state index in [-0.39, 0.29) is 54.4 Å². The van der Waals surface area contributed by atoms with E-state index in [0.29, 0.717) is 33.2 Å². The molecule has 8 rings (SSSR count). The SMILES string of the molecule is Cn1c(=O)n(C2CCC(=O)NC2=O)c2ccc(-c3cnn(CC(=O)Nc4ccc5c(F)c(N6CC(=O)NS6(O)O)c(OCc6ccccc6)cc5c4)c3)cc21. The Morgan fingerprint density at radius 2 is 1.80 bits per heavy atom. The van der Waals surface area contributed by atoms with Crippen molar-refractivity contribution in [2.24, 2.45) is 7.05 Å². The van der Waals surface area contributed by atoms with Gasteiger partial charge in [-0.25, -0.2) is 18.2 Å². The summed E-state index contributed by atoms with van der Waals surface area (Å²) in [5.41, 5.74) is 2.94. The Hall–Kier alpha value is -6.50. The zero-order valence-electron chi connectivity index (χ0n) is 29.1. The second-order valence-electron chi connectivity index (χ2n) is 13.2. The summed E-state index contributed by atoms with van der Waals surface area (Å²) in [6.45, 7) is -0.643. The second kappa shape index (κ2) is 13.7. The first-order valence-corrected chi connectivity index (χ1v) is 18.5. The number of imidazole rings is 1. The molecule has 16 nitrogen and oxygen atoms in total. The van der Waals surface area contributed by atoms with Gasteiger partial charge in [-0.15, -0.1) is 0 Å². The van der Waals surface area contributed by atoms with E-state index in [1.165, 1.54) is 32.0 Å². The van der Waals surface area contributed by atoms with Gasteiger partial charge in [-0.2, -0.15) is 5.10 Å². The van der Waals surface area contributed by atoms with Crippen LogP contribution in [0.1, 0.15) is 24.4 Å². The number of carbonyl (C=O) groups excluding carboxylic acids is 4. The third kappa shape index (κ3) is 6.66. The molecule has 2 aliphatic rings. The van der Waals surface area contributed by atoms with Crippen LogP contribution < -0.4 is 30.1 Å². The molecule has 5 N–H and O–H groups in total. The molecule has 0 aliphatic carbocycles. The lowest BCUT2D eigenvalue weighted by atomic mass is 10.1. The molecule has 0 saturated carbocycles. The van der Waals surface area contributed by atoms with Crippen LogP contribution in [-0.2, 0) is 39.4 Å². The van der Waals surface area contributed by atoms with Crippen LogP contribution in [0.3, 0.4) is 0 Å². The van der Waals surface area contributed by atoms with Crippen molar-refractivity contribution in [1.29, 1.82) is 0 Å². The minimum atomic E-state index is -3.86. The summed E-state index contributed by atoms with van der Waals surface area (Å²) >= 11 is 0. The lowest BCUT2D eigenvalue weighted by Gasteiger charge is -2.37. The van der Waals surface area contributed by atoms with Gasteiger partial charge in [0.25, 0.3) is 5.91 Å². The minimum absolute atomic E-state index is 0.0244. The van der Waals surface area contributed by atoms with Crippen LogP contribution in [0.25, 0.3) is 32.9 Å². The van der Waals surface area contributed by atoms with Crippen molar-refractivity contribution >= 4 is 67.8 Å². The van der Waals surface area contributed by atoms with Gasteiger partial charge in [-0.1, -0.05) is 36.4 Å². The summed E-state index contributed by atoms with van der Waals surface area (Å²) in [6.07, 6.45) is 3.61. The number of rotatable bonds is 9. The van der Waals surface area contributed by atoms with Gasteiger partial charge in [0.1, 0.15) is 37.2 Å². The highest BCUT2D eigenvalue weighted by Crippen LogP contribution is 2.51. The average Bonchev–Trinajstić information content (AvgIpc) is 3.80. The molecule has 4 heterocycles. The van der Waals surface area contributed by atoms with Crippen molar-refractivity contribution in [1.82, 2.24) is 29.0 Å². The maximum Gasteiger partial charge on any atom is 0.329 e. The molecular weight excluding hydrogens is 736 g/mol. The molecule has 4 aromatic carbocycles. The molecule has 1 atom stereocenters. The normalized spacial score (nSPS) is 17.3. The van der Waals surface area contributed by atoms with Crippen molar-refractivity contribution in [3.8, 4) is 16.9 Å². The number of anilines is 2. The molecule has 55 heavy (non-hydrogen) atoms. The maximum absolute atomic E-state index is 16.2. The molecule has 2 fully saturated rings. The van der Waals surface area contributed by atoms with Crippen LogP contribution in [0.5, 0.6) is 5.75 Å². The number of nitrogens with one attached hydrogen (secondary N) is 3. The molecule has 1 unspecified atom stereocenters. The number of hydrogen-bond donors (Lipinski definition) is 5. The highest BCUT2D eigenvalue weighted by atomic mass is 32.3. The lowest BCUT2D eigenvalue weighted by Crippen LogP contribution is -2.44. The number of piperidine rings is 1. The fourth-order valence-corrected chi connectivity index (χ4v) is 8.07. The number of carbonyl (C=O) groups is 4. The van der Waals surface area contributed by atoms with Gasteiger partial charge in [-0.05, 0) is 70.3 Å². The van der Waals surface area contributed by atoms with E-state index < -0.39 is 47.1 Å². The molecule has 2 aliphatic heterocycles. The van der Waals surface area contributed by atoms with Crippen molar-refractivity contribution in [2.75, 3.05) is 16.2 Å². The Balaban J connectivity index is 1.02. The van der Waals surface area contributed by atoms with Crippen LogP contribution in [0.2, 0.25) is 0 Å². The van der Waals surface area contributed by atoms with E-state index in [1.54, 1.807) is 43.7 Å². The number of halogens is 1. The Labute approximate surface area is 312 Å². The van der Waals surface area contributed by atoms with Crippen LogP contribution in [0.4, 0.5) is 15.8 Å². The van der Waals surface area contributed by atoms with Crippen molar-refractivity contribution in [3.63, 3.8) is 0 Å². The Morgan fingerprint density at radius 3 is 2.55 bits per heavy atom. The van der Waals surface area contributed by atoms with Gasteiger partial charge < -0.3 is 10.1 Å². The van der Waals surface area contributed by atoms with E-state index in [2.05, 4.69) is 20.5 Å². The Morgan fingerprint density at radius 1 is 1.00 bits per heavy atom. The molecular formula is C37H33FN8O8S. The van der Waals surface area contributed by atoms with Crippen LogP contribution in [0, 0.1) is 5.82 Å². The number of fused-ring (bicyclic) bond motifs is 2. The molecule has 0 spiro atoms. The number of nitrogens with zero attached hydrogens (tertiary/aromatic N) is 5. The molecule has 0 bridgehead atoms. The number of aromatic nitrogens is 4. The molecule has 6 aromatic rings. The van der Waals surface area contributed by atoms with Crippen molar-refractivity contribution in [2.45, 2.75) is 32.0 Å². The van der Waals surface area contributed by atoms with Crippen LogP contribution >= 0.6 is 11.0 Å². The average molecular weight is 769 g/mol. The third-order valence-corrected chi connectivity index (χ3v) is 10.9. The molecule has 18 heteroatoms. The van der Waals surface area contributed by atoms with E-state index in [0.717, 1.165) is 9.87 Å². The third-order valence-electron chi connectivity index (χ3n) is 9.51. The van der Waals surface area contributed by atoms with Gasteiger partial charge >= 0.3 is 5.69 Å². The number of hydrogen-bond acceptors (Lipinski definition) is 10. The summed E-state index contributed by atoms with van der Waals surface area (Å²) in [5, 5.41) is 9.86. The maximum atomic E-state index is 16.2. The zero-order chi connectivity index (χ0) is 38.6. The molecule has 2 aromatic heterocycles. The smallest absolute Gasteiger partial charge is 0.329 e. The lowest BCUT2D eigenvalue weighted by molar-refractivity contribution is -0.135. The van der Waals surface area contributed by atoms with E-state index in [1.807, 2.05) is 30.3 Å². The summed E-state index contributed by atoms with van der Waals surface area (Å²) in [4.78, 5) is 62.7.